The average molecular weight is 1100 g/mol. The van der Waals surface area contributed by atoms with Gasteiger partial charge in [0.1, 0.15) is 50.9 Å². The molecule has 1 amide bonds. The van der Waals surface area contributed by atoms with Crippen LogP contribution in [0.4, 0.5) is 23.4 Å². The number of ether oxygens (including phenoxy) is 4. The minimum Gasteiger partial charge on any atom is -0.505 e. The number of rotatable bonds is 11. The van der Waals surface area contributed by atoms with E-state index in [1.165, 1.54) is 21.3 Å². The maximum absolute atomic E-state index is 11.5. The third-order valence-electron chi connectivity index (χ3n) is 11.7. The number of H-pyrrole nitrogens is 4. The second kappa shape index (κ2) is 25.6. The van der Waals surface area contributed by atoms with Gasteiger partial charge in [0.05, 0.1) is 67.2 Å². The van der Waals surface area contributed by atoms with Gasteiger partial charge in [-0.15, -0.1) is 10.2 Å². The van der Waals surface area contributed by atoms with Crippen molar-refractivity contribution in [3.63, 3.8) is 0 Å². The van der Waals surface area contributed by atoms with E-state index in [1.54, 1.807) is 37.4 Å². The topological polar surface area (TPSA) is 346 Å². The zero-order valence-electron chi connectivity index (χ0n) is 43.8. The van der Waals surface area contributed by atoms with Crippen LogP contribution in [0.3, 0.4) is 0 Å². The number of para-hydroxylation sites is 2. The van der Waals surface area contributed by atoms with Crippen LogP contribution in [0.5, 0.6) is 23.0 Å². The number of carbonyl (C=O) groups is 2. The molecule has 0 radical (unpaired) electrons. The Labute approximate surface area is 463 Å². The number of benzene rings is 6. The number of hydrogen-bond donors (Lipinski definition) is 9. The number of carbonyl (C=O) groups excluding carboxylic acids is 2. The van der Waals surface area contributed by atoms with Crippen LogP contribution in [0.15, 0.2) is 118 Å². The lowest BCUT2D eigenvalue weighted by molar-refractivity contribution is 0.0597. The lowest BCUT2D eigenvalue weighted by Crippen LogP contribution is -2.30. The monoisotopic (exact) mass is 1100 g/mol. The number of fused-ring (bicyclic) bond motifs is 4. The summed E-state index contributed by atoms with van der Waals surface area (Å²) in [6.45, 7) is 7.40. The van der Waals surface area contributed by atoms with Gasteiger partial charge in [0.15, 0.2) is 23.0 Å². The van der Waals surface area contributed by atoms with E-state index in [0.29, 0.717) is 68.0 Å². The molecule has 0 aliphatic heterocycles. The van der Waals surface area contributed by atoms with Crippen LogP contribution in [0.2, 0.25) is 0 Å². The fourth-order valence-corrected chi connectivity index (χ4v) is 8.25. The van der Waals surface area contributed by atoms with Crippen molar-refractivity contribution in [2.24, 2.45) is 5.84 Å². The van der Waals surface area contributed by atoms with Gasteiger partial charge in [-0.2, -0.15) is 0 Å². The average Bonchev–Trinajstić information content (AvgIpc) is 4.46. The molecule has 10 N–H and O–H groups in total. The molecule has 12 rings (SSSR count). The van der Waals surface area contributed by atoms with Crippen molar-refractivity contribution in [3.8, 4) is 45.9 Å². The van der Waals surface area contributed by atoms with Crippen LogP contribution >= 0.6 is 0 Å². The normalized spacial score (nSPS) is 10.5. The van der Waals surface area contributed by atoms with Crippen molar-refractivity contribution < 1.29 is 42.5 Å². The van der Waals surface area contributed by atoms with Crippen molar-refractivity contribution >= 4 is 79.4 Å². The number of phenols is 1. The molecule has 0 bridgehead atoms. The molecule has 0 saturated heterocycles. The number of amides is 1. The zero-order chi connectivity index (χ0) is 55.7. The molecular formula is C56H60N16O9. The molecule has 0 fully saturated rings. The van der Waals surface area contributed by atoms with Gasteiger partial charge in [-0.1, -0.05) is 61.4 Å². The quantitative estimate of drug-likeness (QED) is 0.0251. The lowest BCUT2D eigenvalue weighted by atomic mass is 10.1. The number of aromatic nitrogens is 12. The van der Waals surface area contributed by atoms with Crippen LogP contribution in [0.1, 0.15) is 58.9 Å². The molecular weight excluding hydrogens is 1040 g/mol. The SMILES string of the molecule is C.C.COC(=O)c1ccc2[nH]c(C)nc2c1OC.COc1c(-c2nnc(Nc3ccccc3)o2)ccc2[nH]c(C)nc12.COc1c(C(=O)NN)ccc2[nH]c(C)nc12.Cc1nc2c(O)c(-c3nnc(Nc4ccccc4)o3)ccc2[nH]1. The number of aromatic amines is 4. The summed E-state index contributed by atoms with van der Waals surface area (Å²) in [6.07, 6.45) is 0. The maximum Gasteiger partial charge on any atom is 0.341 e. The van der Waals surface area contributed by atoms with E-state index in [4.69, 9.17) is 28.9 Å². The van der Waals surface area contributed by atoms with E-state index in [2.05, 4.69) is 81.1 Å². The van der Waals surface area contributed by atoms with Gasteiger partial charge in [0.2, 0.25) is 0 Å². The van der Waals surface area contributed by atoms with Crippen molar-refractivity contribution in [2.75, 3.05) is 39.1 Å². The fourth-order valence-electron chi connectivity index (χ4n) is 8.25. The number of imidazole rings is 4. The van der Waals surface area contributed by atoms with Gasteiger partial charge in [0, 0.05) is 11.4 Å². The molecule has 0 unspecified atom stereocenters. The number of anilines is 4. The Morgan fingerprint density at radius 1 is 0.494 bits per heavy atom. The highest BCUT2D eigenvalue weighted by Gasteiger charge is 2.21. The minimum absolute atomic E-state index is 0. The molecule has 81 heavy (non-hydrogen) atoms. The summed E-state index contributed by atoms with van der Waals surface area (Å²) in [4.78, 5) is 52.6. The molecule has 6 aromatic heterocycles. The molecule has 0 atom stereocenters. The van der Waals surface area contributed by atoms with E-state index < -0.39 is 11.9 Å². The second-order valence-electron chi connectivity index (χ2n) is 17.0. The largest absolute Gasteiger partial charge is 0.505 e. The van der Waals surface area contributed by atoms with Gasteiger partial charge in [-0.05, 0) is 100 Å². The van der Waals surface area contributed by atoms with Crippen molar-refractivity contribution in [3.05, 3.63) is 144 Å². The third kappa shape index (κ3) is 12.6. The number of nitrogens with one attached hydrogen (secondary N) is 7. The summed E-state index contributed by atoms with van der Waals surface area (Å²) in [5, 5.41) is 32.5. The minimum atomic E-state index is -0.431. The number of hydrazine groups is 1. The van der Waals surface area contributed by atoms with E-state index in [9.17, 15) is 14.7 Å². The fraction of sp³-hybridized carbons (Fsp3) is 0.179. The lowest BCUT2D eigenvalue weighted by Gasteiger charge is -2.07. The number of nitrogens with two attached hydrogens (primary N) is 1. The molecule has 0 spiro atoms. The first kappa shape index (κ1) is 57.9. The Bertz CT molecular complexity index is 3990. The second-order valence-corrected chi connectivity index (χ2v) is 17.0. The molecule has 0 saturated carbocycles. The zero-order valence-corrected chi connectivity index (χ0v) is 43.8. The molecule has 12 aromatic rings. The van der Waals surface area contributed by atoms with Crippen molar-refractivity contribution in [1.82, 2.24) is 65.7 Å². The Hall–Kier alpha value is -10.8. The summed E-state index contributed by atoms with van der Waals surface area (Å²) in [6, 6.07) is 33.9. The Morgan fingerprint density at radius 3 is 1.32 bits per heavy atom. The number of nitrogens with zero attached hydrogens (tertiary/aromatic N) is 8. The number of hydrogen-bond acceptors (Lipinski definition) is 20. The number of aromatic hydroxyl groups is 1. The predicted molar refractivity (Wildman–Crippen MR) is 307 cm³/mol. The van der Waals surface area contributed by atoms with Crippen molar-refractivity contribution in [1.29, 1.82) is 0 Å². The number of aryl methyl sites for hydroxylation is 4. The number of phenolic OH excluding ortho intramolecular Hbond substituents is 1. The third-order valence-corrected chi connectivity index (χ3v) is 11.7. The van der Waals surface area contributed by atoms with Crippen molar-refractivity contribution in [2.45, 2.75) is 42.5 Å². The van der Waals surface area contributed by atoms with Crippen LogP contribution in [-0.4, -0.2) is 106 Å². The molecule has 25 nitrogen and oxygen atoms in total. The highest BCUT2D eigenvalue weighted by molar-refractivity contribution is 6.02. The van der Waals surface area contributed by atoms with E-state index >= 15 is 0 Å². The molecule has 418 valence electrons. The van der Waals surface area contributed by atoms with Gasteiger partial charge in [-0.25, -0.2) is 30.6 Å². The first-order valence-corrected chi connectivity index (χ1v) is 24.0. The van der Waals surface area contributed by atoms with Gasteiger partial charge in [-0.3, -0.25) is 10.2 Å². The number of methoxy groups -OCH3 is 4. The summed E-state index contributed by atoms with van der Waals surface area (Å²) in [5.74, 6) is 9.41. The Morgan fingerprint density at radius 2 is 0.877 bits per heavy atom. The number of esters is 1. The van der Waals surface area contributed by atoms with E-state index in [0.717, 1.165) is 62.3 Å². The van der Waals surface area contributed by atoms with Gasteiger partial charge < -0.3 is 63.5 Å². The summed E-state index contributed by atoms with van der Waals surface area (Å²) >= 11 is 0. The standard InChI is InChI=1S/C17H15N5O2.C16H13N5O2.C11H12N2O3.C10H12N4O2.2CH4/c1-10-18-13-9-8-12(15(23-2)14(13)19-10)16-21-22-17(24-16)20-11-6-4-3-5-7-11;1-9-17-12-8-7-11(14(22)13(12)18-9)15-20-21-16(23-15)19-10-5-3-2-4-6-10;1-6-12-8-5-4-7(11(14)16-3)10(15-2)9(8)13-6;1-5-12-7-4-3-6(10(15)14-11)9(16-2)8(7)13-5;;/h3-9H,1-2H3,(H,18,19)(H,20,22);2-8,22H,1H3,(H,17,18)(H,19,21);4-5H,1-3H3,(H,12,13);3-4H,11H2,1-2H3,(H,12,13)(H,14,15);2*1H4. The smallest absolute Gasteiger partial charge is 0.341 e. The van der Waals surface area contributed by atoms with Crippen LogP contribution in [0, 0.1) is 27.7 Å². The first-order valence-electron chi connectivity index (χ1n) is 24.0. The summed E-state index contributed by atoms with van der Waals surface area (Å²) in [7, 11) is 5.93. The molecule has 0 aliphatic rings. The molecule has 0 aliphatic carbocycles. The molecule has 6 aromatic carbocycles. The van der Waals surface area contributed by atoms with Gasteiger partial charge >= 0.3 is 18.0 Å². The Kier molecular flexibility index (Phi) is 18.3. The van der Waals surface area contributed by atoms with Crippen LogP contribution in [-0.2, 0) is 4.74 Å². The maximum atomic E-state index is 11.5. The summed E-state index contributed by atoms with van der Waals surface area (Å²) < 4.78 is 31.9. The van der Waals surface area contributed by atoms with E-state index in [1.807, 2.05) is 107 Å². The summed E-state index contributed by atoms with van der Waals surface area (Å²) in [5.41, 5.74) is 11.5. The number of nitrogen functional groups attached to an aromatic ring is 1. The molecule has 6 heterocycles. The van der Waals surface area contributed by atoms with Crippen LogP contribution in [0.25, 0.3) is 67.0 Å². The molecule has 25 heteroatoms. The van der Waals surface area contributed by atoms with E-state index in [-0.39, 0.29) is 32.5 Å². The highest BCUT2D eigenvalue weighted by atomic mass is 16.5. The van der Waals surface area contributed by atoms with Crippen LogP contribution < -0.4 is 36.1 Å². The van der Waals surface area contributed by atoms with Gasteiger partial charge in [0.25, 0.3) is 17.7 Å². The predicted octanol–water partition coefficient (Wildman–Crippen LogP) is 10.5. The first-order chi connectivity index (χ1) is 38.3. The Balaban J connectivity index is 0.000000157. The highest BCUT2D eigenvalue weighted by Crippen LogP contribution is 2.37.